The number of rotatable bonds is 7. The molecule has 3 heteroatoms. The zero-order chi connectivity index (χ0) is 26.1. The lowest BCUT2D eigenvalue weighted by Crippen LogP contribution is -2.37. The number of allylic oxidation sites excluding steroid dienone is 3. The average molecular weight is 493 g/mol. The van der Waals surface area contributed by atoms with E-state index in [0.717, 1.165) is 41.9 Å². The molecular formula is C33H48O3. The molecular weight excluding hydrogens is 444 g/mol. The molecule has 0 radical (unpaired) electrons. The van der Waals surface area contributed by atoms with Crippen molar-refractivity contribution in [2.75, 3.05) is 0 Å². The first-order valence-electron chi connectivity index (χ1n) is 14.2. The molecule has 7 atom stereocenters. The number of hydrogen-bond donors (Lipinski definition) is 3. The van der Waals surface area contributed by atoms with Gasteiger partial charge in [0, 0.05) is 5.92 Å². The maximum atomic E-state index is 11.0. The molecule has 0 aromatic heterocycles. The van der Waals surface area contributed by atoms with E-state index in [0.29, 0.717) is 23.7 Å². The first-order valence-corrected chi connectivity index (χ1v) is 14.2. The Balaban J connectivity index is 1.46. The molecule has 3 nitrogen and oxygen atoms in total. The molecule has 0 saturated heterocycles. The Morgan fingerprint density at radius 1 is 1.14 bits per heavy atom. The summed E-state index contributed by atoms with van der Waals surface area (Å²) in [4.78, 5) is 0. The van der Waals surface area contributed by atoms with E-state index in [-0.39, 0.29) is 5.92 Å². The standard InChI is InChI=1S/C33H48O3/c1-22(11-9-19-32(3,4)36)27-17-18-28-24(14-10-20-33(27,28)5)15-16-26-21-29(34)30(31(35)23(26)2)25-12-7-6-8-13-25/h6-8,12-13,15-16,22,27-31,34-36H,2,9-11,14,17-21H2,1,3-5H3/b24-15+,26-16-/t22-,27-,28+,29-,30+,31-,33-/m1/s1. The fourth-order valence-corrected chi connectivity index (χ4v) is 7.84. The van der Waals surface area contributed by atoms with Crippen molar-refractivity contribution in [1.82, 2.24) is 0 Å². The van der Waals surface area contributed by atoms with Crippen molar-refractivity contribution in [3.8, 4) is 0 Å². The van der Waals surface area contributed by atoms with Crippen LogP contribution >= 0.6 is 0 Å². The third-order valence-corrected chi connectivity index (χ3v) is 9.81. The molecule has 3 N–H and O–H groups in total. The van der Waals surface area contributed by atoms with Crippen LogP contribution in [0.15, 0.2) is 65.8 Å². The van der Waals surface area contributed by atoms with E-state index in [1.807, 2.05) is 44.2 Å². The minimum absolute atomic E-state index is 0.324. The Morgan fingerprint density at radius 3 is 2.56 bits per heavy atom. The second-order valence-electron chi connectivity index (χ2n) is 12.9. The molecule has 0 bridgehead atoms. The highest BCUT2D eigenvalue weighted by atomic mass is 16.3. The summed E-state index contributed by atoms with van der Waals surface area (Å²) in [6, 6.07) is 9.82. The van der Waals surface area contributed by atoms with Crippen LogP contribution in [-0.4, -0.2) is 33.1 Å². The molecule has 4 rings (SSSR count). The number of fused-ring (bicyclic) bond motifs is 1. The van der Waals surface area contributed by atoms with Crippen LogP contribution in [0.4, 0.5) is 0 Å². The van der Waals surface area contributed by atoms with E-state index in [1.54, 1.807) is 5.57 Å². The van der Waals surface area contributed by atoms with Crippen molar-refractivity contribution in [1.29, 1.82) is 0 Å². The molecule has 0 unspecified atom stereocenters. The molecule has 3 saturated carbocycles. The van der Waals surface area contributed by atoms with Gasteiger partial charge in [-0.05, 0) is 98.7 Å². The van der Waals surface area contributed by atoms with Gasteiger partial charge in [0.1, 0.15) is 0 Å². The van der Waals surface area contributed by atoms with Crippen LogP contribution in [0.2, 0.25) is 0 Å². The first kappa shape index (κ1) is 27.4. The maximum absolute atomic E-state index is 11.0. The van der Waals surface area contributed by atoms with Crippen LogP contribution in [0.5, 0.6) is 0 Å². The molecule has 0 amide bonds. The van der Waals surface area contributed by atoms with Crippen molar-refractivity contribution in [3.63, 3.8) is 0 Å². The highest BCUT2D eigenvalue weighted by Crippen LogP contribution is 2.60. The Kier molecular flexibility index (Phi) is 8.34. The van der Waals surface area contributed by atoms with E-state index in [2.05, 4.69) is 32.6 Å². The largest absolute Gasteiger partial charge is 0.392 e. The normalized spacial score (nSPS) is 36.3. The predicted molar refractivity (Wildman–Crippen MR) is 149 cm³/mol. The van der Waals surface area contributed by atoms with Crippen LogP contribution < -0.4 is 0 Å². The molecule has 3 aliphatic carbocycles. The monoisotopic (exact) mass is 492 g/mol. The third-order valence-electron chi connectivity index (χ3n) is 9.81. The fraction of sp³-hybridized carbons (Fsp3) is 0.636. The summed E-state index contributed by atoms with van der Waals surface area (Å²) in [7, 11) is 0. The second-order valence-corrected chi connectivity index (χ2v) is 12.9. The van der Waals surface area contributed by atoms with E-state index < -0.39 is 17.8 Å². The van der Waals surface area contributed by atoms with Crippen molar-refractivity contribution < 1.29 is 15.3 Å². The van der Waals surface area contributed by atoms with Crippen molar-refractivity contribution in [2.24, 2.45) is 23.2 Å². The predicted octanol–water partition coefficient (Wildman–Crippen LogP) is 7.10. The molecule has 198 valence electrons. The highest BCUT2D eigenvalue weighted by molar-refractivity contribution is 5.43. The fourth-order valence-electron chi connectivity index (χ4n) is 7.84. The van der Waals surface area contributed by atoms with E-state index in [9.17, 15) is 15.3 Å². The SMILES string of the molecule is C=C1/C(=C\C=C2/CCC[C@]3(C)[C@@H]([C@H](C)CCCC(C)(C)O)CC[C@@H]23)C[C@@H](O)[C@H](c2ccccc2)[C@@H]1O. The second kappa shape index (κ2) is 11.0. The van der Waals surface area contributed by atoms with Crippen molar-refractivity contribution in [2.45, 2.75) is 109 Å². The van der Waals surface area contributed by atoms with Gasteiger partial charge < -0.3 is 15.3 Å². The van der Waals surface area contributed by atoms with Crippen LogP contribution in [0, 0.1) is 23.2 Å². The van der Waals surface area contributed by atoms with Gasteiger partial charge in [0.2, 0.25) is 0 Å². The average Bonchev–Trinajstić information content (AvgIpc) is 3.18. The molecule has 36 heavy (non-hydrogen) atoms. The van der Waals surface area contributed by atoms with Gasteiger partial charge in [0.05, 0.1) is 17.8 Å². The first-order chi connectivity index (χ1) is 17.0. The quantitative estimate of drug-likeness (QED) is 0.380. The van der Waals surface area contributed by atoms with E-state index in [1.165, 1.54) is 32.1 Å². The lowest BCUT2D eigenvalue weighted by molar-refractivity contribution is 0.0580. The minimum atomic E-state index is -0.766. The number of benzene rings is 1. The lowest BCUT2D eigenvalue weighted by Gasteiger charge is -2.44. The van der Waals surface area contributed by atoms with Gasteiger partial charge in [-0.15, -0.1) is 0 Å². The van der Waals surface area contributed by atoms with Crippen LogP contribution in [0.3, 0.4) is 0 Å². The number of aliphatic hydroxyl groups is 3. The van der Waals surface area contributed by atoms with Gasteiger partial charge in [-0.3, -0.25) is 0 Å². The van der Waals surface area contributed by atoms with Gasteiger partial charge in [-0.1, -0.05) is 81.3 Å². The van der Waals surface area contributed by atoms with Gasteiger partial charge >= 0.3 is 0 Å². The van der Waals surface area contributed by atoms with Crippen LogP contribution in [0.25, 0.3) is 0 Å². The molecule has 1 aromatic carbocycles. The molecule has 3 fully saturated rings. The van der Waals surface area contributed by atoms with Crippen molar-refractivity contribution >= 4 is 0 Å². The summed E-state index contributed by atoms with van der Waals surface area (Å²) in [5.74, 6) is 1.71. The van der Waals surface area contributed by atoms with Crippen molar-refractivity contribution in [3.05, 3.63) is 71.3 Å². The number of hydrogen-bond acceptors (Lipinski definition) is 3. The highest BCUT2D eigenvalue weighted by Gasteiger charge is 2.50. The Morgan fingerprint density at radius 2 is 1.86 bits per heavy atom. The Hall–Kier alpha value is -1.68. The smallest absolute Gasteiger partial charge is 0.0880 e. The molecule has 1 aromatic rings. The molecule has 0 aliphatic heterocycles. The summed E-state index contributed by atoms with van der Waals surface area (Å²) >= 11 is 0. The topological polar surface area (TPSA) is 60.7 Å². The van der Waals surface area contributed by atoms with Gasteiger partial charge in [-0.2, -0.15) is 0 Å². The summed E-state index contributed by atoms with van der Waals surface area (Å²) < 4.78 is 0. The van der Waals surface area contributed by atoms with Gasteiger partial charge in [0.15, 0.2) is 0 Å². The Bertz CT molecular complexity index is 968. The van der Waals surface area contributed by atoms with Gasteiger partial charge in [-0.25, -0.2) is 0 Å². The van der Waals surface area contributed by atoms with E-state index in [4.69, 9.17) is 0 Å². The molecule has 3 aliphatic rings. The van der Waals surface area contributed by atoms with Crippen LogP contribution in [-0.2, 0) is 0 Å². The maximum Gasteiger partial charge on any atom is 0.0880 e. The lowest BCUT2D eigenvalue weighted by atomic mass is 9.60. The zero-order valence-corrected chi connectivity index (χ0v) is 22.9. The zero-order valence-electron chi connectivity index (χ0n) is 22.9. The van der Waals surface area contributed by atoms with E-state index >= 15 is 0 Å². The number of aliphatic hydroxyl groups excluding tert-OH is 2. The summed E-state index contributed by atoms with van der Waals surface area (Å²) in [6.45, 7) is 13.0. The Labute approximate surface area is 219 Å². The summed E-state index contributed by atoms with van der Waals surface area (Å²) in [6.07, 6.45) is 13.0. The minimum Gasteiger partial charge on any atom is -0.392 e. The third kappa shape index (κ3) is 5.74. The molecule has 0 spiro atoms. The van der Waals surface area contributed by atoms with Gasteiger partial charge in [0.25, 0.3) is 0 Å². The summed E-state index contributed by atoms with van der Waals surface area (Å²) in [5.41, 5.74) is 4.02. The molecule has 0 heterocycles. The summed E-state index contributed by atoms with van der Waals surface area (Å²) in [5, 5.41) is 32.1. The van der Waals surface area contributed by atoms with Crippen LogP contribution in [0.1, 0.15) is 97.0 Å².